The van der Waals surface area contributed by atoms with Crippen LogP contribution in [0.4, 0.5) is 23.4 Å². The number of carbonyl (C=O) groups excluding carboxylic acids is 2. The van der Waals surface area contributed by atoms with E-state index in [1.165, 1.54) is 26.3 Å². The van der Waals surface area contributed by atoms with Crippen LogP contribution in [-0.4, -0.2) is 129 Å². The molecular formula is C59H65ClF4N12O6. The molecule has 7 heterocycles. The molecule has 2 bridgehead atoms. The number of fused-ring (bicyclic) bond motifs is 4. The van der Waals surface area contributed by atoms with Gasteiger partial charge in [0.15, 0.2) is 5.75 Å². The van der Waals surface area contributed by atoms with Gasteiger partial charge in [0.05, 0.1) is 48.1 Å². The number of rotatable bonds is 18. The molecule has 0 aliphatic carbocycles. The normalized spacial score (nSPS) is 19.3. The van der Waals surface area contributed by atoms with Crippen molar-refractivity contribution >= 4 is 51.0 Å². The molecule has 18 nitrogen and oxygen atoms in total. The van der Waals surface area contributed by atoms with E-state index in [2.05, 4.69) is 36.2 Å². The number of H-pyrrole nitrogens is 1. The third-order valence-electron chi connectivity index (χ3n) is 15.6. The zero-order valence-electron chi connectivity index (χ0n) is 46.3. The van der Waals surface area contributed by atoms with E-state index >= 15 is 17.6 Å². The van der Waals surface area contributed by atoms with Gasteiger partial charge in [-0.2, -0.15) is 33.4 Å². The number of methoxy groups -OCH3 is 1. The van der Waals surface area contributed by atoms with Gasteiger partial charge in [-0.1, -0.05) is 93.1 Å². The number of carbonyl (C=O) groups is 2. The summed E-state index contributed by atoms with van der Waals surface area (Å²) in [5, 5.41) is 35.2. The number of halogens is 5. The molecule has 4 N–H and O–H groups in total. The van der Waals surface area contributed by atoms with Gasteiger partial charge in [0.25, 0.3) is 0 Å². The number of anilines is 1. The Morgan fingerprint density at radius 2 is 1.74 bits per heavy atom. The van der Waals surface area contributed by atoms with Gasteiger partial charge in [-0.3, -0.25) is 24.7 Å². The lowest BCUT2D eigenvalue weighted by Gasteiger charge is -2.34. The molecule has 7 aromatic rings. The molecule has 0 radical (unpaired) electrons. The summed E-state index contributed by atoms with van der Waals surface area (Å²) in [6, 6.07) is 15.7. The molecule has 4 aliphatic rings. The molecule has 3 aromatic heterocycles. The Morgan fingerprint density at radius 3 is 2.43 bits per heavy atom. The van der Waals surface area contributed by atoms with Gasteiger partial charge < -0.3 is 39.8 Å². The van der Waals surface area contributed by atoms with Crippen LogP contribution in [0.3, 0.4) is 0 Å². The average Bonchev–Trinajstić information content (AvgIpc) is 4.46. The lowest BCUT2D eigenvalue weighted by molar-refractivity contribution is -0.144. The first kappa shape index (κ1) is 57.7. The van der Waals surface area contributed by atoms with E-state index in [1.54, 1.807) is 40.5 Å². The van der Waals surface area contributed by atoms with Crippen molar-refractivity contribution in [3.05, 3.63) is 124 Å². The Kier molecular flexibility index (Phi) is 17.2. The van der Waals surface area contributed by atoms with Crippen molar-refractivity contribution in [3.63, 3.8) is 0 Å². The number of pyridine rings is 1. The first-order chi connectivity index (χ1) is 39.6. The summed E-state index contributed by atoms with van der Waals surface area (Å²) in [7, 11) is 1.51. The van der Waals surface area contributed by atoms with Gasteiger partial charge in [-0.15, -0.1) is 0 Å². The van der Waals surface area contributed by atoms with E-state index in [0.717, 1.165) is 29.2 Å². The first-order valence-corrected chi connectivity index (χ1v) is 28.0. The summed E-state index contributed by atoms with van der Waals surface area (Å²) < 4.78 is 81.1. The van der Waals surface area contributed by atoms with Gasteiger partial charge in [0.2, 0.25) is 11.8 Å². The minimum Gasteiger partial charge on any atom is -0.486 e. The third kappa shape index (κ3) is 11.5. The topological polar surface area (TPSA) is 208 Å². The van der Waals surface area contributed by atoms with Crippen LogP contribution >= 0.6 is 11.6 Å². The monoisotopic (exact) mass is 1150 g/mol. The maximum Gasteiger partial charge on any atom is 0.417 e. The number of benzene rings is 4. The molecule has 0 spiro atoms. The van der Waals surface area contributed by atoms with Crippen molar-refractivity contribution < 1.29 is 46.5 Å². The van der Waals surface area contributed by atoms with Gasteiger partial charge in [0, 0.05) is 78.7 Å². The van der Waals surface area contributed by atoms with Gasteiger partial charge in [0.1, 0.15) is 48.5 Å². The molecule has 6 unspecified atom stereocenters. The molecule has 4 aliphatic heterocycles. The number of amides is 2. The minimum absolute atomic E-state index is 0.0420. The maximum absolute atomic E-state index is 15.9. The number of hydrogen-bond donors (Lipinski definition) is 4. The fraction of sp³-hybridized carbons (Fsp3) is 0.424. The minimum atomic E-state index is -4.96. The third-order valence-corrected chi connectivity index (χ3v) is 15.9. The highest BCUT2D eigenvalue weighted by molar-refractivity contribution is 6.33. The number of piperazine rings is 1. The molecule has 23 heteroatoms. The number of likely N-dealkylation sites (tertiary alicyclic amines) is 1. The van der Waals surface area contributed by atoms with E-state index in [-0.39, 0.29) is 113 Å². The predicted molar refractivity (Wildman–Crippen MR) is 302 cm³/mol. The van der Waals surface area contributed by atoms with E-state index in [9.17, 15) is 14.7 Å². The SMILES string of the molecule is CC.COCCOc1nc(N2CC3CC2CN3)c2cc(C(F)(F)F)c(-c3c(C)c(F)cc4[nH]ncc34)c(OCc3ccc(C4CN(C(C(=O)N5CCCC5C(=O)NC(CO)c5ccc(-c6cnccc6Cl)cc5)C(C)C)N=N4)cc3)c2n1. The summed E-state index contributed by atoms with van der Waals surface area (Å²) >= 11 is 6.38. The Morgan fingerprint density at radius 1 is 0.963 bits per heavy atom. The van der Waals surface area contributed by atoms with Crippen LogP contribution in [0.2, 0.25) is 5.02 Å². The van der Waals surface area contributed by atoms with Crippen molar-refractivity contribution in [1.29, 1.82) is 0 Å². The van der Waals surface area contributed by atoms with Crippen LogP contribution in [0, 0.1) is 18.7 Å². The van der Waals surface area contributed by atoms with Gasteiger partial charge in [-0.25, -0.2) is 4.39 Å². The van der Waals surface area contributed by atoms with Gasteiger partial charge in [-0.05, 0) is 78.1 Å². The molecule has 0 saturated carbocycles. The largest absolute Gasteiger partial charge is 0.486 e. The van der Waals surface area contributed by atoms with Crippen molar-refractivity contribution in [3.8, 4) is 34.0 Å². The molecule has 6 atom stereocenters. The number of aliphatic hydroxyl groups excluding tert-OH is 1. The summed E-state index contributed by atoms with van der Waals surface area (Å²) in [5.74, 6) is -1.59. The van der Waals surface area contributed by atoms with Crippen LogP contribution in [0.1, 0.15) is 86.9 Å². The van der Waals surface area contributed by atoms with E-state index in [0.29, 0.717) is 48.6 Å². The molecule has 3 fully saturated rings. The second-order valence-electron chi connectivity index (χ2n) is 21.0. The Labute approximate surface area is 476 Å². The number of aromatic amines is 1. The molecule has 11 rings (SSSR count). The van der Waals surface area contributed by atoms with E-state index < -0.39 is 47.3 Å². The Balaban J connectivity index is 0.00000372. The molecular weight excluding hydrogens is 1080 g/mol. The zero-order chi connectivity index (χ0) is 58.0. The molecule has 3 saturated heterocycles. The summed E-state index contributed by atoms with van der Waals surface area (Å²) in [6.07, 6.45) is 1.52. The highest BCUT2D eigenvalue weighted by atomic mass is 35.5. The lowest BCUT2D eigenvalue weighted by atomic mass is 9.90. The summed E-state index contributed by atoms with van der Waals surface area (Å²) in [4.78, 5) is 45.7. The first-order valence-electron chi connectivity index (χ1n) is 27.6. The Bertz CT molecular complexity index is 3480. The van der Waals surface area contributed by atoms with E-state index in [4.69, 9.17) is 35.8 Å². The maximum atomic E-state index is 15.9. The number of alkyl halides is 3. The van der Waals surface area contributed by atoms with Crippen LogP contribution in [0.25, 0.3) is 44.1 Å². The number of aliphatic hydroxyl groups is 1. The smallest absolute Gasteiger partial charge is 0.417 e. The highest BCUT2D eigenvalue weighted by Crippen LogP contribution is 2.51. The van der Waals surface area contributed by atoms with Crippen molar-refractivity contribution in [2.75, 3.05) is 58.0 Å². The molecule has 2 amide bonds. The van der Waals surface area contributed by atoms with Crippen LogP contribution in [-0.2, 0) is 27.1 Å². The molecule has 82 heavy (non-hydrogen) atoms. The number of hydrogen-bond acceptors (Lipinski definition) is 15. The zero-order valence-corrected chi connectivity index (χ0v) is 47.1. The lowest BCUT2D eigenvalue weighted by Crippen LogP contribution is -2.54. The summed E-state index contributed by atoms with van der Waals surface area (Å²) in [6.45, 7) is 10.6. The van der Waals surface area contributed by atoms with Crippen LogP contribution in [0.5, 0.6) is 11.8 Å². The molecule has 432 valence electrons. The van der Waals surface area contributed by atoms with Gasteiger partial charge >= 0.3 is 12.2 Å². The van der Waals surface area contributed by atoms with Crippen molar-refractivity contribution in [2.45, 2.75) is 103 Å². The highest BCUT2D eigenvalue weighted by Gasteiger charge is 2.44. The van der Waals surface area contributed by atoms with Crippen molar-refractivity contribution in [1.82, 2.24) is 45.7 Å². The average molecular weight is 1150 g/mol. The summed E-state index contributed by atoms with van der Waals surface area (Å²) in [5.41, 5.74) is 2.26. The Hall–Kier alpha value is -7.53. The number of nitrogens with one attached hydrogen (secondary N) is 3. The van der Waals surface area contributed by atoms with Crippen LogP contribution < -0.4 is 25.0 Å². The fourth-order valence-corrected chi connectivity index (χ4v) is 11.8. The number of aromatic nitrogens is 5. The van der Waals surface area contributed by atoms with E-state index in [1.807, 2.05) is 69.0 Å². The standard InChI is InChI=1S/C57H59ClF4N12O6.C2H6/c1-30(2)51(55(77)72-17-5-6-47(72)54(76)66-46(28-75)35-13-11-33(12-14-35)39-24-63-16-15-42(39)58)74-27-45(70-71-74)34-9-7-32(8-10-34)29-80-52-49(48-31(3)43(59)22-44-40(48)25-65-69-44)41(57(60,61)62)21-38-50(52)67-56(79-19-18-78-4)68-53(38)73-26-36-20-37(73)23-64-36;1-2/h7-16,21-22,24-25,30,36-37,45-47,51,64,75H,5-6,17-20,23,26-29H2,1-4H3,(H,65,69)(H,66,76);1-2H3. The fourth-order valence-electron chi connectivity index (χ4n) is 11.5. The van der Waals surface area contributed by atoms with Crippen LogP contribution in [0.15, 0.2) is 95.7 Å². The second-order valence-corrected chi connectivity index (χ2v) is 21.4. The van der Waals surface area contributed by atoms with Crippen molar-refractivity contribution in [2.24, 2.45) is 16.3 Å². The predicted octanol–water partition coefficient (Wildman–Crippen LogP) is 10.1. The second kappa shape index (κ2) is 24.5. The number of ether oxygens (including phenoxy) is 3. The molecule has 4 aromatic carbocycles. The quantitative estimate of drug-likeness (QED) is 0.0467. The number of nitrogens with zero attached hydrogens (tertiary/aromatic N) is 9.